The number of benzene rings is 3. The lowest BCUT2D eigenvalue weighted by atomic mass is 9.83. The largest absolute Gasteiger partial charge is 0.375 e. The predicted molar refractivity (Wildman–Crippen MR) is 270 cm³/mol. The van der Waals surface area contributed by atoms with E-state index in [-0.39, 0.29) is 91.6 Å². The molecular formula is C56H67F3N8O7. The minimum atomic E-state index is -1.79. The standard InChI is InChI=1S/C56H67F3N8O7/c57-46-16-15-36(33-47-42-11-4-5-12-43(42)52(70)62-61-47)32-45(46)53(71)66-30-28-64(29-31-66)48(68)35-63-24-17-39(18-25-63)74-40-19-26-65(27-20-40)54(72)50(37-8-2-1-3-9-37)60-51(69)44-14-6-13-41(49(44)58)38-10-7-23-67(34-38)55(73)56(59)21-22-56/h4-6,11-16,32,37-40,50H,1-3,7-10,17-31,33-35H2,(H,60,69)(H,62,70)/t38?,50-/m1/s1. The summed E-state index contributed by atoms with van der Waals surface area (Å²) in [6.45, 7) is 4.47. The molecule has 1 aromatic heterocycles. The fourth-order valence-corrected chi connectivity index (χ4v) is 12.0. The van der Waals surface area contributed by atoms with E-state index in [1.807, 2.05) is 17.0 Å². The van der Waals surface area contributed by atoms with Gasteiger partial charge in [0.2, 0.25) is 11.8 Å². The Hall–Kier alpha value is -6.14. The molecular weight excluding hydrogens is 954 g/mol. The second-order valence-electron chi connectivity index (χ2n) is 21.5. The fourth-order valence-electron chi connectivity index (χ4n) is 12.0. The highest BCUT2D eigenvalue weighted by atomic mass is 19.1. The molecule has 6 fully saturated rings. The van der Waals surface area contributed by atoms with Crippen LogP contribution in [0.1, 0.15) is 127 Å². The first-order chi connectivity index (χ1) is 35.8. The van der Waals surface area contributed by atoms with Crippen molar-refractivity contribution in [1.29, 1.82) is 0 Å². The molecule has 10 rings (SSSR count). The van der Waals surface area contributed by atoms with Gasteiger partial charge in [0.1, 0.15) is 17.7 Å². The molecule has 2 N–H and O–H groups in total. The van der Waals surface area contributed by atoms with E-state index in [0.29, 0.717) is 106 Å². The molecule has 4 aromatic rings. The third kappa shape index (κ3) is 11.4. The summed E-state index contributed by atoms with van der Waals surface area (Å²) in [6.07, 6.45) is 9.31. The second-order valence-corrected chi connectivity index (χ2v) is 21.5. The lowest BCUT2D eigenvalue weighted by molar-refractivity contribution is -0.140. The van der Waals surface area contributed by atoms with E-state index >= 15 is 8.78 Å². The first-order valence-electron chi connectivity index (χ1n) is 26.9. The van der Waals surface area contributed by atoms with E-state index in [9.17, 15) is 33.2 Å². The number of piperazine rings is 1. The van der Waals surface area contributed by atoms with Crippen molar-refractivity contribution in [2.75, 3.05) is 72.0 Å². The fraction of sp³-hybridized carbons (Fsp3) is 0.554. The second kappa shape index (κ2) is 22.4. The lowest BCUT2D eigenvalue weighted by Crippen LogP contribution is -2.55. The van der Waals surface area contributed by atoms with E-state index in [4.69, 9.17) is 4.74 Å². The minimum absolute atomic E-state index is 0.0179. The molecule has 2 atom stereocenters. The van der Waals surface area contributed by atoms with E-state index in [1.54, 1.807) is 40.1 Å². The number of carbonyl (C=O) groups is 5. The summed E-state index contributed by atoms with van der Waals surface area (Å²) in [5, 5.41) is 10.9. The Balaban J connectivity index is 0.665. The van der Waals surface area contributed by atoms with E-state index < -0.39 is 41.1 Å². The zero-order valence-electron chi connectivity index (χ0n) is 42.0. The number of H-pyrrole nitrogens is 1. The summed E-state index contributed by atoms with van der Waals surface area (Å²) in [7, 11) is 0. The number of carbonyl (C=O) groups excluding carboxylic acids is 5. The summed E-state index contributed by atoms with van der Waals surface area (Å²) in [5.41, 5.74) is -0.657. The number of nitrogens with one attached hydrogen (secondary N) is 2. The molecule has 0 spiro atoms. The maximum absolute atomic E-state index is 16.3. The summed E-state index contributed by atoms with van der Waals surface area (Å²) >= 11 is 0. The Kier molecular flexibility index (Phi) is 15.5. The van der Waals surface area contributed by atoms with Crippen molar-refractivity contribution < 1.29 is 41.9 Å². The molecule has 15 nitrogen and oxygen atoms in total. The van der Waals surface area contributed by atoms with Gasteiger partial charge in [-0.1, -0.05) is 55.7 Å². The molecule has 74 heavy (non-hydrogen) atoms. The van der Waals surface area contributed by atoms with Crippen molar-refractivity contribution in [3.8, 4) is 0 Å². The Morgan fingerprint density at radius 3 is 2.12 bits per heavy atom. The summed E-state index contributed by atoms with van der Waals surface area (Å²) < 4.78 is 52.7. The summed E-state index contributed by atoms with van der Waals surface area (Å²) in [6, 6.07) is 15.5. The molecule has 5 amide bonds. The Bertz CT molecular complexity index is 2790. The van der Waals surface area contributed by atoms with Crippen molar-refractivity contribution in [2.24, 2.45) is 5.92 Å². The van der Waals surface area contributed by atoms with E-state index in [0.717, 1.165) is 44.9 Å². The molecule has 4 saturated heterocycles. The van der Waals surface area contributed by atoms with Crippen molar-refractivity contribution in [1.82, 2.24) is 40.0 Å². The van der Waals surface area contributed by atoms with Crippen molar-refractivity contribution in [3.63, 3.8) is 0 Å². The van der Waals surface area contributed by atoms with Crippen LogP contribution >= 0.6 is 0 Å². The van der Waals surface area contributed by atoms with Gasteiger partial charge in [-0.05, 0) is 106 Å². The number of piperidine rings is 3. The number of aromatic amines is 1. The zero-order valence-corrected chi connectivity index (χ0v) is 42.0. The third-order valence-electron chi connectivity index (χ3n) is 16.5. The van der Waals surface area contributed by atoms with Crippen LogP contribution in [0.5, 0.6) is 0 Å². The molecule has 0 radical (unpaired) electrons. The molecule has 3 aromatic carbocycles. The number of hydrogen-bond acceptors (Lipinski definition) is 9. The molecule has 1 unspecified atom stereocenters. The van der Waals surface area contributed by atoms with Crippen LogP contribution in [0, 0.1) is 17.6 Å². The number of aromatic nitrogens is 2. The zero-order chi connectivity index (χ0) is 51.5. The third-order valence-corrected chi connectivity index (χ3v) is 16.5. The smallest absolute Gasteiger partial charge is 0.272 e. The van der Waals surface area contributed by atoms with Crippen LogP contribution < -0.4 is 10.9 Å². The number of ether oxygens (including phenoxy) is 1. The number of amides is 5. The van der Waals surface area contributed by atoms with Gasteiger partial charge < -0.3 is 29.7 Å². The summed E-state index contributed by atoms with van der Waals surface area (Å²) in [5.74, 6) is -3.49. The molecule has 2 saturated carbocycles. The number of hydrogen-bond donors (Lipinski definition) is 2. The Labute approximate surface area is 429 Å². The number of alkyl halides is 1. The van der Waals surface area contributed by atoms with Crippen LogP contribution in [-0.4, -0.2) is 160 Å². The van der Waals surface area contributed by atoms with Gasteiger partial charge in [-0.25, -0.2) is 18.3 Å². The predicted octanol–water partition coefficient (Wildman–Crippen LogP) is 6.14. The highest BCUT2D eigenvalue weighted by molar-refractivity contribution is 5.98. The molecule has 0 bridgehead atoms. The van der Waals surface area contributed by atoms with Crippen LogP contribution in [0.25, 0.3) is 10.8 Å². The van der Waals surface area contributed by atoms with Gasteiger partial charge in [0, 0.05) is 83.2 Å². The number of fused-ring (bicyclic) bond motifs is 1. The maximum atomic E-state index is 16.3. The van der Waals surface area contributed by atoms with Gasteiger partial charge in [-0.15, -0.1) is 0 Å². The molecule has 394 valence electrons. The van der Waals surface area contributed by atoms with Crippen LogP contribution in [0.2, 0.25) is 0 Å². The lowest BCUT2D eigenvalue weighted by Gasteiger charge is -2.40. The number of halogens is 3. The van der Waals surface area contributed by atoms with Gasteiger partial charge in [0.25, 0.3) is 23.3 Å². The maximum Gasteiger partial charge on any atom is 0.272 e. The van der Waals surface area contributed by atoms with Crippen LogP contribution in [0.3, 0.4) is 0 Å². The van der Waals surface area contributed by atoms with Gasteiger partial charge >= 0.3 is 0 Å². The first-order valence-corrected chi connectivity index (χ1v) is 26.9. The molecule has 4 aliphatic heterocycles. The van der Waals surface area contributed by atoms with Crippen molar-refractivity contribution >= 4 is 40.3 Å². The van der Waals surface area contributed by atoms with Crippen LogP contribution in [-0.2, 0) is 25.5 Å². The van der Waals surface area contributed by atoms with Crippen LogP contribution in [0.15, 0.2) is 65.5 Å². The number of nitrogens with zero attached hydrogens (tertiary/aromatic N) is 6. The van der Waals surface area contributed by atoms with Gasteiger partial charge in [0.05, 0.1) is 41.0 Å². The average Bonchev–Trinajstić information content (AvgIpc) is 4.19. The molecule has 6 aliphatic rings. The Morgan fingerprint density at radius 2 is 1.41 bits per heavy atom. The number of rotatable bonds is 13. The van der Waals surface area contributed by atoms with Gasteiger partial charge in [-0.2, -0.15) is 5.10 Å². The summed E-state index contributed by atoms with van der Waals surface area (Å²) in [4.78, 5) is 89.2. The minimum Gasteiger partial charge on any atom is -0.375 e. The topological polar surface area (TPSA) is 169 Å². The van der Waals surface area contributed by atoms with Crippen LogP contribution in [0.4, 0.5) is 13.2 Å². The molecule has 18 heteroatoms. The highest BCUT2D eigenvalue weighted by Crippen LogP contribution is 2.43. The SMILES string of the molecule is O=C(N[C@@H](C(=O)N1CCC(OC2CCN(CC(=O)N3CCN(C(=O)c4cc(Cc5n[nH]c(=O)c6ccccc56)ccc4F)CC3)CC2)CC1)C1CCCCC1)c1cccc(C2CCCN(C(=O)C3(F)CC3)C2)c1F. The van der Waals surface area contributed by atoms with E-state index in [1.165, 1.54) is 23.1 Å². The normalized spacial score (nSPS) is 21.6. The van der Waals surface area contributed by atoms with E-state index in [2.05, 4.69) is 20.4 Å². The Morgan fingerprint density at radius 1 is 0.716 bits per heavy atom. The van der Waals surface area contributed by atoms with Crippen molar-refractivity contribution in [2.45, 2.75) is 120 Å². The molecule has 5 heterocycles. The monoisotopic (exact) mass is 1020 g/mol. The number of likely N-dealkylation sites (tertiary alicyclic amines) is 3. The quantitative estimate of drug-likeness (QED) is 0.160. The van der Waals surface area contributed by atoms with Crippen molar-refractivity contribution in [3.05, 3.63) is 111 Å². The highest BCUT2D eigenvalue weighted by Gasteiger charge is 2.53. The average molecular weight is 1020 g/mol. The molecule has 2 aliphatic carbocycles. The van der Waals surface area contributed by atoms with Gasteiger partial charge in [0.15, 0.2) is 5.67 Å². The van der Waals surface area contributed by atoms with Gasteiger partial charge in [-0.3, -0.25) is 33.7 Å². The first kappa shape index (κ1) is 51.4.